The molecule has 0 aliphatic heterocycles. The molecule has 0 spiro atoms. The maximum Gasteiger partial charge on any atom is 0.0952 e. The van der Waals surface area contributed by atoms with Crippen LogP contribution in [-0.4, -0.2) is 19.7 Å². The first-order chi connectivity index (χ1) is 6.90. The van der Waals surface area contributed by atoms with Crippen molar-refractivity contribution in [3.8, 4) is 0 Å². The standard InChI is InChI=1S/C9H11N5/c10-4-9-5-11-7-14(9)6-8-2-1-3-12-13-8/h1-3,5,7H,4,6,10H2. The van der Waals surface area contributed by atoms with Crippen molar-refractivity contribution in [2.45, 2.75) is 13.1 Å². The lowest BCUT2D eigenvalue weighted by Crippen LogP contribution is -2.08. The van der Waals surface area contributed by atoms with E-state index in [1.807, 2.05) is 16.7 Å². The third kappa shape index (κ3) is 1.77. The summed E-state index contributed by atoms with van der Waals surface area (Å²) in [5.74, 6) is 0. The Bertz CT molecular complexity index is 395. The molecule has 0 aliphatic rings. The molecule has 2 heterocycles. The normalized spacial score (nSPS) is 10.4. The highest BCUT2D eigenvalue weighted by molar-refractivity contribution is 5.04. The van der Waals surface area contributed by atoms with Crippen molar-refractivity contribution >= 4 is 0 Å². The molecule has 0 atom stereocenters. The van der Waals surface area contributed by atoms with Crippen molar-refractivity contribution in [2.75, 3.05) is 0 Å². The van der Waals surface area contributed by atoms with Gasteiger partial charge < -0.3 is 10.3 Å². The van der Waals surface area contributed by atoms with E-state index in [0.717, 1.165) is 11.4 Å². The van der Waals surface area contributed by atoms with Gasteiger partial charge in [0.1, 0.15) is 0 Å². The van der Waals surface area contributed by atoms with Crippen LogP contribution in [0.4, 0.5) is 0 Å². The van der Waals surface area contributed by atoms with Crippen LogP contribution in [0.15, 0.2) is 30.9 Å². The van der Waals surface area contributed by atoms with E-state index >= 15 is 0 Å². The predicted octanol–water partition coefficient (Wildman–Crippen LogP) is 0.180. The van der Waals surface area contributed by atoms with E-state index in [9.17, 15) is 0 Å². The Kier molecular flexibility index (Phi) is 2.51. The Morgan fingerprint density at radius 3 is 3.07 bits per heavy atom. The second-order valence-corrected chi connectivity index (χ2v) is 2.93. The Morgan fingerprint density at radius 2 is 2.36 bits per heavy atom. The molecule has 5 heteroatoms. The van der Waals surface area contributed by atoms with Crippen molar-refractivity contribution in [3.63, 3.8) is 0 Å². The summed E-state index contributed by atoms with van der Waals surface area (Å²) < 4.78 is 1.96. The summed E-state index contributed by atoms with van der Waals surface area (Å²) in [5, 5.41) is 7.80. The topological polar surface area (TPSA) is 69.6 Å². The Morgan fingerprint density at radius 1 is 1.43 bits per heavy atom. The molecule has 2 aromatic heterocycles. The Hall–Kier alpha value is -1.75. The molecule has 0 fully saturated rings. The number of hydrogen-bond donors (Lipinski definition) is 1. The highest BCUT2D eigenvalue weighted by Crippen LogP contribution is 2.01. The zero-order chi connectivity index (χ0) is 9.80. The summed E-state index contributed by atoms with van der Waals surface area (Å²) in [7, 11) is 0. The quantitative estimate of drug-likeness (QED) is 0.747. The summed E-state index contributed by atoms with van der Waals surface area (Å²) in [4.78, 5) is 4.02. The summed E-state index contributed by atoms with van der Waals surface area (Å²) in [5.41, 5.74) is 7.45. The van der Waals surface area contributed by atoms with Crippen molar-refractivity contribution < 1.29 is 0 Å². The predicted molar refractivity (Wildman–Crippen MR) is 51.3 cm³/mol. The smallest absolute Gasteiger partial charge is 0.0952 e. The van der Waals surface area contributed by atoms with Gasteiger partial charge in [0, 0.05) is 18.9 Å². The first kappa shape index (κ1) is 8.83. The van der Waals surface area contributed by atoms with Crippen LogP contribution in [-0.2, 0) is 13.1 Å². The van der Waals surface area contributed by atoms with Crippen LogP contribution in [0, 0.1) is 0 Å². The summed E-state index contributed by atoms with van der Waals surface area (Å²) in [6.45, 7) is 1.15. The van der Waals surface area contributed by atoms with Gasteiger partial charge in [-0.25, -0.2) is 4.98 Å². The minimum absolute atomic E-state index is 0.486. The van der Waals surface area contributed by atoms with Gasteiger partial charge in [-0.2, -0.15) is 10.2 Å². The van der Waals surface area contributed by atoms with Gasteiger partial charge in [-0.15, -0.1) is 0 Å². The lowest BCUT2D eigenvalue weighted by Gasteiger charge is -2.04. The van der Waals surface area contributed by atoms with Gasteiger partial charge in [0.15, 0.2) is 0 Å². The second kappa shape index (κ2) is 3.97. The van der Waals surface area contributed by atoms with E-state index in [0.29, 0.717) is 13.1 Å². The van der Waals surface area contributed by atoms with Crippen molar-refractivity contribution in [1.29, 1.82) is 0 Å². The lowest BCUT2D eigenvalue weighted by atomic mass is 10.3. The van der Waals surface area contributed by atoms with E-state index in [4.69, 9.17) is 5.73 Å². The van der Waals surface area contributed by atoms with E-state index in [1.54, 1.807) is 18.7 Å². The second-order valence-electron chi connectivity index (χ2n) is 2.93. The van der Waals surface area contributed by atoms with Crippen LogP contribution in [0.5, 0.6) is 0 Å². The van der Waals surface area contributed by atoms with Crippen LogP contribution in [0.3, 0.4) is 0 Å². The monoisotopic (exact) mass is 189 g/mol. The van der Waals surface area contributed by atoms with Crippen LogP contribution in [0.1, 0.15) is 11.4 Å². The molecule has 0 saturated carbocycles. The molecule has 2 rings (SSSR count). The van der Waals surface area contributed by atoms with Crippen LogP contribution < -0.4 is 5.73 Å². The van der Waals surface area contributed by atoms with Gasteiger partial charge >= 0.3 is 0 Å². The third-order valence-corrected chi connectivity index (χ3v) is 1.97. The third-order valence-electron chi connectivity index (χ3n) is 1.97. The molecular formula is C9H11N5. The molecule has 0 amide bonds. The molecule has 2 aromatic rings. The summed E-state index contributed by atoms with van der Waals surface area (Å²) in [6.07, 6.45) is 5.16. The average Bonchev–Trinajstić information content (AvgIpc) is 2.67. The summed E-state index contributed by atoms with van der Waals surface area (Å²) >= 11 is 0. The molecule has 0 radical (unpaired) electrons. The first-order valence-corrected chi connectivity index (χ1v) is 4.36. The van der Waals surface area contributed by atoms with Crippen molar-refractivity contribution in [2.24, 2.45) is 5.73 Å². The van der Waals surface area contributed by atoms with Gasteiger partial charge in [-0.1, -0.05) is 0 Å². The molecule has 72 valence electrons. The SMILES string of the molecule is NCc1cncn1Cc1cccnn1. The average molecular weight is 189 g/mol. The molecule has 0 aromatic carbocycles. The van der Waals surface area contributed by atoms with Gasteiger partial charge in [0.05, 0.1) is 24.3 Å². The maximum absolute atomic E-state index is 5.55. The zero-order valence-electron chi connectivity index (χ0n) is 7.67. The lowest BCUT2D eigenvalue weighted by molar-refractivity contribution is 0.710. The summed E-state index contributed by atoms with van der Waals surface area (Å²) in [6, 6.07) is 3.79. The molecule has 0 aliphatic carbocycles. The minimum atomic E-state index is 0.486. The number of nitrogens with zero attached hydrogens (tertiary/aromatic N) is 4. The molecule has 0 bridgehead atoms. The first-order valence-electron chi connectivity index (χ1n) is 4.36. The molecule has 14 heavy (non-hydrogen) atoms. The van der Waals surface area contributed by atoms with E-state index < -0.39 is 0 Å². The molecular weight excluding hydrogens is 178 g/mol. The van der Waals surface area contributed by atoms with Crippen molar-refractivity contribution in [1.82, 2.24) is 19.7 Å². The fourth-order valence-corrected chi connectivity index (χ4v) is 1.25. The highest BCUT2D eigenvalue weighted by Gasteiger charge is 2.01. The number of imidazole rings is 1. The van der Waals surface area contributed by atoms with Crippen LogP contribution >= 0.6 is 0 Å². The zero-order valence-corrected chi connectivity index (χ0v) is 7.67. The molecule has 0 unspecified atom stereocenters. The van der Waals surface area contributed by atoms with Crippen LogP contribution in [0.2, 0.25) is 0 Å². The Balaban J connectivity index is 2.19. The van der Waals surface area contributed by atoms with E-state index in [-0.39, 0.29) is 0 Å². The van der Waals surface area contributed by atoms with E-state index in [1.165, 1.54) is 0 Å². The maximum atomic E-state index is 5.55. The van der Waals surface area contributed by atoms with Gasteiger partial charge in [-0.3, -0.25) is 0 Å². The highest BCUT2D eigenvalue weighted by atomic mass is 15.1. The van der Waals surface area contributed by atoms with Gasteiger partial charge in [0.25, 0.3) is 0 Å². The minimum Gasteiger partial charge on any atom is -0.327 e. The fourth-order valence-electron chi connectivity index (χ4n) is 1.25. The Labute approximate surface area is 81.6 Å². The number of hydrogen-bond acceptors (Lipinski definition) is 4. The number of nitrogens with two attached hydrogens (primary N) is 1. The van der Waals surface area contributed by atoms with Gasteiger partial charge in [-0.05, 0) is 12.1 Å². The largest absolute Gasteiger partial charge is 0.327 e. The molecule has 5 nitrogen and oxygen atoms in total. The van der Waals surface area contributed by atoms with Crippen LogP contribution in [0.25, 0.3) is 0 Å². The molecule has 0 saturated heterocycles. The number of rotatable bonds is 3. The fraction of sp³-hybridized carbons (Fsp3) is 0.222. The van der Waals surface area contributed by atoms with Crippen molar-refractivity contribution in [3.05, 3.63) is 42.2 Å². The van der Waals surface area contributed by atoms with Gasteiger partial charge in [0.2, 0.25) is 0 Å². The van der Waals surface area contributed by atoms with E-state index in [2.05, 4.69) is 15.2 Å². The molecule has 2 N–H and O–H groups in total. The number of aromatic nitrogens is 4.